The van der Waals surface area contributed by atoms with Gasteiger partial charge in [0.05, 0.1) is 5.41 Å². The van der Waals surface area contributed by atoms with Gasteiger partial charge in [0.25, 0.3) is 0 Å². The zero-order valence-corrected chi connectivity index (χ0v) is 13.7. The first kappa shape index (κ1) is 15.8. The quantitative estimate of drug-likeness (QED) is 0.853. The van der Waals surface area contributed by atoms with Crippen molar-refractivity contribution in [2.45, 2.75) is 26.7 Å². The third-order valence-corrected chi connectivity index (χ3v) is 4.78. The van der Waals surface area contributed by atoms with Crippen LogP contribution in [0.2, 0.25) is 0 Å². The third kappa shape index (κ3) is 3.56. The van der Waals surface area contributed by atoms with Crippen molar-refractivity contribution in [2.75, 3.05) is 18.4 Å². The number of carbonyl (C=O) groups is 2. The number of anilines is 1. The second-order valence-electron chi connectivity index (χ2n) is 5.79. The molecule has 2 N–H and O–H groups in total. The zero-order chi connectivity index (χ0) is 15.6. The monoisotopic (exact) mass is 354 g/mol. The summed E-state index contributed by atoms with van der Waals surface area (Å²) in [6.07, 6.45) is 1.30. The number of nitrogens with one attached hydrogen (secondary N) is 1. The fourth-order valence-corrected chi connectivity index (χ4v) is 2.84. The van der Waals surface area contributed by atoms with E-state index in [1.165, 1.54) is 0 Å². The molecular formula is C15H19BrN2O3. The summed E-state index contributed by atoms with van der Waals surface area (Å²) in [6.45, 7) is 4.48. The number of hydrogen-bond acceptors (Lipinski definition) is 2. The number of carboxylic acids is 1. The Hall–Kier alpha value is -1.56. The smallest absolute Gasteiger partial charge is 0.321 e. The fourth-order valence-electron chi connectivity index (χ4n) is 2.46. The topological polar surface area (TPSA) is 69.6 Å². The molecule has 0 radical (unpaired) electrons. The Bertz CT molecular complexity index is 576. The molecule has 5 nitrogen and oxygen atoms in total. The van der Waals surface area contributed by atoms with E-state index in [4.69, 9.17) is 0 Å². The van der Waals surface area contributed by atoms with E-state index < -0.39 is 11.4 Å². The van der Waals surface area contributed by atoms with Crippen molar-refractivity contribution in [1.29, 1.82) is 0 Å². The van der Waals surface area contributed by atoms with E-state index in [9.17, 15) is 14.7 Å². The molecule has 21 heavy (non-hydrogen) atoms. The number of hydrogen-bond donors (Lipinski definition) is 2. The van der Waals surface area contributed by atoms with Crippen LogP contribution in [0, 0.1) is 12.3 Å². The maximum absolute atomic E-state index is 12.3. The van der Waals surface area contributed by atoms with Crippen LogP contribution < -0.4 is 5.32 Å². The number of urea groups is 1. The molecule has 114 valence electrons. The number of aliphatic carboxylic acids is 1. The second kappa shape index (κ2) is 6.05. The van der Waals surface area contributed by atoms with Crippen LogP contribution in [0.4, 0.5) is 10.5 Å². The number of nitrogens with zero attached hydrogens (tertiary/aromatic N) is 1. The van der Waals surface area contributed by atoms with Gasteiger partial charge < -0.3 is 15.3 Å². The van der Waals surface area contributed by atoms with Gasteiger partial charge in [-0.2, -0.15) is 0 Å². The van der Waals surface area contributed by atoms with Gasteiger partial charge in [0.2, 0.25) is 0 Å². The highest BCUT2D eigenvalue weighted by Crippen LogP contribution is 2.30. The maximum atomic E-state index is 12.3. The predicted octanol–water partition coefficient (Wildman–Crippen LogP) is 3.48. The van der Waals surface area contributed by atoms with Gasteiger partial charge in [-0.05, 0) is 44.4 Å². The summed E-state index contributed by atoms with van der Waals surface area (Å²) in [7, 11) is 0. The Labute approximate surface area is 132 Å². The molecule has 0 aliphatic carbocycles. The molecule has 1 aromatic rings. The molecule has 1 aliphatic rings. The van der Waals surface area contributed by atoms with Crippen LogP contribution in [0.15, 0.2) is 22.7 Å². The molecule has 1 unspecified atom stereocenters. The molecule has 1 saturated heterocycles. The van der Waals surface area contributed by atoms with Crippen molar-refractivity contribution in [3.63, 3.8) is 0 Å². The van der Waals surface area contributed by atoms with Gasteiger partial charge >= 0.3 is 12.0 Å². The Balaban J connectivity index is 2.06. The van der Waals surface area contributed by atoms with Crippen LogP contribution in [0.25, 0.3) is 0 Å². The summed E-state index contributed by atoms with van der Waals surface area (Å²) in [6, 6.07) is 5.33. The number of carboxylic acid groups (broad SMARTS) is 1. The molecule has 1 aromatic carbocycles. The molecular weight excluding hydrogens is 336 g/mol. The predicted molar refractivity (Wildman–Crippen MR) is 84.4 cm³/mol. The minimum absolute atomic E-state index is 0.237. The fraction of sp³-hybridized carbons (Fsp3) is 0.467. The van der Waals surface area contributed by atoms with Crippen LogP contribution in [0.5, 0.6) is 0 Å². The molecule has 2 amide bonds. The van der Waals surface area contributed by atoms with Gasteiger partial charge in [0.15, 0.2) is 0 Å². The lowest BCUT2D eigenvalue weighted by molar-refractivity contribution is -0.150. The van der Waals surface area contributed by atoms with Crippen LogP contribution in [-0.2, 0) is 4.79 Å². The van der Waals surface area contributed by atoms with E-state index >= 15 is 0 Å². The van der Waals surface area contributed by atoms with Crippen molar-refractivity contribution in [3.8, 4) is 0 Å². The van der Waals surface area contributed by atoms with Crippen LogP contribution in [-0.4, -0.2) is 35.1 Å². The molecule has 0 spiro atoms. The highest BCUT2D eigenvalue weighted by Gasteiger charge is 2.39. The van der Waals surface area contributed by atoms with Crippen molar-refractivity contribution in [3.05, 3.63) is 28.2 Å². The van der Waals surface area contributed by atoms with Gasteiger partial charge in [0, 0.05) is 23.2 Å². The molecule has 1 heterocycles. The normalized spacial score (nSPS) is 22.0. The Morgan fingerprint density at radius 3 is 2.76 bits per heavy atom. The molecule has 1 aliphatic heterocycles. The summed E-state index contributed by atoms with van der Waals surface area (Å²) in [5.41, 5.74) is 0.924. The van der Waals surface area contributed by atoms with Gasteiger partial charge in [-0.25, -0.2) is 4.79 Å². The summed E-state index contributed by atoms with van der Waals surface area (Å²) in [5, 5.41) is 12.1. The first-order chi connectivity index (χ1) is 9.82. The maximum Gasteiger partial charge on any atom is 0.321 e. The number of halogens is 1. The lowest BCUT2D eigenvalue weighted by Gasteiger charge is -2.37. The molecule has 0 saturated carbocycles. The Morgan fingerprint density at radius 2 is 2.14 bits per heavy atom. The number of amides is 2. The SMILES string of the molecule is Cc1ccc(NC(=O)N2CCCC(C)(C(=O)O)C2)cc1Br. The van der Waals surface area contributed by atoms with E-state index in [2.05, 4.69) is 21.2 Å². The van der Waals surface area contributed by atoms with Gasteiger partial charge in [0.1, 0.15) is 0 Å². The van der Waals surface area contributed by atoms with Crippen molar-refractivity contribution in [2.24, 2.45) is 5.41 Å². The highest BCUT2D eigenvalue weighted by atomic mass is 79.9. The molecule has 1 atom stereocenters. The number of benzene rings is 1. The van der Waals surface area contributed by atoms with Crippen LogP contribution in [0.3, 0.4) is 0 Å². The van der Waals surface area contributed by atoms with Crippen molar-refractivity contribution in [1.82, 2.24) is 4.90 Å². The van der Waals surface area contributed by atoms with Crippen LogP contribution >= 0.6 is 15.9 Å². The first-order valence-electron chi connectivity index (χ1n) is 6.87. The van der Waals surface area contributed by atoms with E-state index in [0.29, 0.717) is 25.1 Å². The van der Waals surface area contributed by atoms with Gasteiger partial charge in [-0.1, -0.05) is 22.0 Å². The summed E-state index contributed by atoms with van der Waals surface area (Å²) >= 11 is 3.43. The van der Waals surface area contributed by atoms with E-state index in [1.54, 1.807) is 11.8 Å². The summed E-state index contributed by atoms with van der Waals surface area (Å²) in [5.74, 6) is -0.849. The average molecular weight is 355 g/mol. The van der Waals surface area contributed by atoms with E-state index in [-0.39, 0.29) is 12.6 Å². The molecule has 0 bridgehead atoms. The molecule has 6 heteroatoms. The Morgan fingerprint density at radius 1 is 1.43 bits per heavy atom. The second-order valence-corrected chi connectivity index (χ2v) is 6.64. The largest absolute Gasteiger partial charge is 0.481 e. The number of piperidine rings is 1. The molecule has 0 aromatic heterocycles. The minimum atomic E-state index is -0.858. The molecule has 2 rings (SSSR count). The summed E-state index contributed by atoms with van der Waals surface area (Å²) in [4.78, 5) is 25.2. The number of aryl methyl sites for hydroxylation is 1. The first-order valence-corrected chi connectivity index (χ1v) is 7.67. The van der Waals surface area contributed by atoms with Crippen LogP contribution in [0.1, 0.15) is 25.3 Å². The van der Waals surface area contributed by atoms with Gasteiger partial charge in [-0.15, -0.1) is 0 Å². The van der Waals surface area contributed by atoms with Crippen molar-refractivity contribution >= 4 is 33.6 Å². The standard InChI is InChI=1S/C15H19BrN2O3/c1-10-4-5-11(8-12(10)16)17-14(21)18-7-3-6-15(2,9-18)13(19)20/h4-5,8H,3,6-7,9H2,1-2H3,(H,17,21)(H,19,20). The third-order valence-electron chi connectivity index (χ3n) is 3.92. The minimum Gasteiger partial charge on any atom is -0.481 e. The number of rotatable bonds is 2. The zero-order valence-electron chi connectivity index (χ0n) is 12.1. The van der Waals surface area contributed by atoms with E-state index in [1.807, 2.05) is 25.1 Å². The lowest BCUT2D eigenvalue weighted by atomic mass is 9.82. The van der Waals surface area contributed by atoms with Gasteiger partial charge in [-0.3, -0.25) is 4.79 Å². The Kier molecular flexibility index (Phi) is 4.56. The van der Waals surface area contributed by atoms with Crippen molar-refractivity contribution < 1.29 is 14.7 Å². The average Bonchev–Trinajstić information content (AvgIpc) is 2.43. The van der Waals surface area contributed by atoms with E-state index in [0.717, 1.165) is 10.0 Å². The lowest BCUT2D eigenvalue weighted by Crippen LogP contribution is -2.49. The molecule has 1 fully saturated rings. The highest BCUT2D eigenvalue weighted by molar-refractivity contribution is 9.10. The number of likely N-dealkylation sites (tertiary alicyclic amines) is 1. The number of carbonyl (C=O) groups excluding carboxylic acids is 1. The summed E-state index contributed by atoms with van der Waals surface area (Å²) < 4.78 is 0.925.